The molecule has 88 valence electrons. The van der Waals surface area contributed by atoms with Crippen molar-refractivity contribution in [2.24, 2.45) is 0 Å². The monoisotopic (exact) mass is 235 g/mol. The highest BCUT2D eigenvalue weighted by Crippen LogP contribution is 2.05. The van der Waals surface area contributed by atoms with Crippen LogP contribution < -0.4 is 10.9 Å². The molecule has 0 aliphatic carbocycles. The highest BCUT2D eigenvalue weighted by Gasteiger charge is 2.14. The van der Waals surface area contributed by atoms with Crippen LogP contribution in [0, 0.1) is 0 Å². The van der Waals surface area contributed by atoms with Gasteiger partial charge in [-0.1, -0.05) is 5.21 Å². The Labute approximate surface area is 95.0 Å². The summed E-state index contributed by atoms with van der Waals surface area (Å²) in [5.74, 6) is -0.0122. The molecular formula is C9H9N5O3. The molecule has 0 saturated carbocycles. The summed E-state index contributed by atoms with van der Waals surface area (Å²) in [6.45, 7) is 1.71. The fraction of sp³-hybridized carbons (Fsp3) is 0.222. The lowest BCUT2D eigenvalue weighted by molar-refractivity contribution is 0.0936. The molecule has 1 amide bonds. The van der Waals surface area contributed by atoms with E-state index in [0.717, 1.165) is 6.26 Å². The topological polar surface area (TPSA) is 114 Å². The lowest BCUT2D eigenvalue weighted by atomic mass is 10.2. The van der Waals surface area contributed by atoms with Gasteiger partial charge in [0.1, 0.15) is 6.26 Å². The van der Waals surface area contributed by atoms with Crippen LogP contribution in [0.2, 0.25) is 0 Å². The fourth-order valence-corrected chi connectivity index (χ4v) is 1.18. The van der Waals surface area contributed by atoms with Crippen molar-refractivity contribution < 1.29 is 9.21 Å². The van der Waals surface area contributed by atoms with Crippen LogP contribution in [0.5, 0.6) is 0 Å². The summed E-state index contributed by atoms with van der Waals surface area (Å²) in [4.78, 5) is 22.4. The Hall–Kier alpha value is -2.51. The predicted molar refractivity (Wildman–Crippen MR) is 55.0 cm³/mol. The molecular weight excluding hydrogens is 226 g/mol. The van der Waals surface area contributed by atoms with Crippen LogP contribution in [0.3, 0.4) is 0 Å². The van der Waals surface area contributed by atoms with Gasteiger partial charge < -0.3 is 9.73 Å². The lowest BCUT2D eigenvalue weighted by Gasteiger charge is -2.08. The number of amides is 1. The molecule has 0 aliphatic heterocycles. The first-order valence-electron chi connectivity index (χ1n) is 4.80. The van der Waals surface area contributed by atoms with Crippen molar-refractivity contribution in [3.63, 3.8) is 0 Å². The summed E-state index contributed by atoms with van der Waals surface area (Å²) in [6.07, 6.45) is 1.10. The van der Waals surface area contributed by atoms with Crippen LogP contribution in [-0.2, 0) is 0 Å². The zero-order valence-electron chi connectivity index (χ0n) is 8.88. The molecule has 0 fully saturated rings. The van der Waals surface area contributed by atoms with Crippen molar-refractivity contribution in [2.45, 2.75) is 13.0 Å². The largest absolute Gasteiger partial charge is 0.430 e. The minimum absolute atomic E-state index is 0.250. The predicted octanol–water partition coefficient (Wildman–Crippen LogP) is -0.356. The van der Waals surface area contributed by atoms with Crippen LogP contribution in [-0.4, -0.2) is 26.5 Å². The fourth-order valence-electron chi connectivity index (χ4n) is 1.18. The summed E-state index contributed by atoms with van der Waals surface area (Å²) in [5, 5.41) is 15.8. The number of hydrogen-bond acceptors (Lipinski definition) is 6. The van der Waals surface area contributed by atoms with Gasteiger partial charge in [0.15, 0.2) is 5.82 Å². The molecule has 0 saturated heterocycles. The minimum Gasteiger partial charge on any atom is -0.430 e. The first-order valence-corrected chi connectivity index (χ1v) is 4.80. The highest BCUT2D eigenvalue weighted by atomic mass is 16.4. The summed E-state index contributed by atoms with van der Waals surface area (Å²) >= 11 is 0. The summed E-state index contributed by atoms with van der Waals surface area (Å²) in [5.41, 5.74) is -0.257. The van der Waals surface area contributed by atoms with Gasteiger partial charge in [-0.05, 0) is 13.0 Å². The van der Waals surface area contributed by atoms with Crippen LogP contribution in [0.15, 0.2) is 27.6 Å². The molecule has 0 radical (unpaired) electrons. The van der Waals surface area contributed by atoms with Gasteiger partial charge in [-0.2, -0.15) is 5.21 Å². The molecule has 0 aliphatic rings. The Balaban J connectivity index is 2.07. The van der Waals surface area contributed by atoms with E-state index in [1.54, 1.807) is 6.92 Å². The number of rotatable bonds is 3. The highest BCUT2D eigenvalue weighted by molar-refractivity contribution is 5.93. The third kappa shape index (κ3) is 2.54. The van der Waals surface area contributed by atoms with Crippen molar-refractivity contribution in [2.75, 3.05) is 0 Å². The third-order valence-electron chi connectivity index (χ3n) is 2.06. The first-order chi connectivity index (χ1) is 8.16. The number of hydrogen-bond donors (Lipinski definition) is 2. The van der Waals surface area contributed by atoms with Crippen LogP contribution in [0.4, 0.5) is 0 Å². The van der Waals surface area contributed by atoms with Crippen molar-refractivity contribution >= 4 is 5.91 Å². The molecule has 0 aromatic carbocycles. The summed E-state index contributed by atoms with van der Waals surface area (Å²) < 4.78 is 4.59. The second kappa shape index (κ2) is 4.56. The first kappa shape index (κ1) is 11.0. The average Bonchev–Trinajstić information content (AvgIpc) is 2.83. The van der Waals surface area contributed by atoms with Gasteiger partial charge in [0.05, 0.1) is 11.6 Å². The lowest BCUT2D eigenvalue weighted by Crippen LogP contribution is -2.27. The quantitative estimate of drug-likeness (QED) is 0.751. The van der Waals surface area contributed by atoms with E-state index in [4.69, 9.17) is 0 Å². The van der Waals surface area contributed by atoms with E-state index < -0.39 is 11.7 Å². The van der Waals surface area contributed by atoms with Gasteiger partial charge >= 0.3 is 5.63 Å². The maximum Gasteiger partial charge on any atom is 0.335 e. The Morgan fingerprint density at radius 2 is 2.35 bits per heavy atom. The Kier molecular flexibility index (Phi) is 2.95. The summed E-state index contributed by atoms with van der Waals surface area (Å²) in [6, 6.07) is 2.16. The number of carbonyl (C=O) groups excluding carboxylic acids is 1. The van der Waals surface area contributed by atoms with E-state index in [-0.39, 0.29) is 11.5 Å². The van der Waals surface area contributed by atoms with E-state index in [2.05, 4.69) is 30.4 Å². The number of nitrogens with zero attached hydrogens (tertiary/aromatic N) is 3. The number of tetrazole rings is 1. The number of aromatic amines is 1. The molecule has 2 aromatic rings. The molecule has 8 heteroatoms. The Bertz CT molecular complexity index is 542. The number of aromatic nitrogens is 4. The second-order valence-electron chi connectivity index (χ2n) is 3.31. The van der Waals surface area contributed by atoms with Crippen molar-refractivity contribution in [1.82, 2.24) is 25.9 Å². The SMILES string of the molecule is CC(NC(=O)c1ccc(=O)oc1)c1nn[nH]n1. The van der Waals surface area contributed by atoms with E-state index in [9.17, 15) is 9.59 Å². The second-order valence-corrected chi connectivity index (χ2v) is 3.31. The molecule has 0 bridgehead atoms. The van der Waals surface area contributed by atoms with Crippen LogP contribution in [0.25, 0.3) is 0 Å². The molecule has 0 spiro atoms. The maximum absolute atomic E-state index is 11.7. The Morgan fingerprint density at radius 3 is 2.94 bits per heavy atom. The Morgan fingerprint density at radius 1 is 1.53 bits per heavy atom. The van der Waals surface area contributed by atoms with Gasteiger partial charge in [-0.15, -0.1) is 10.2 Å². The smallest absolute Gasteiger partial charge is 0.335 e. The normalized spacial score (nSPS) is 12.1. The molecule has 17 heavy (non-hydrogen) atoms. The zero-order valence-corrected chi connectivity index (χ0v) is 8.88. The summed E-state index contributed by atoms with van der Waals surface area (Å²) in [7, 11) is 0. The van der Waals surface area contributed by atoms with Crippen molar-refractivity contribution in [3.05, 3.63) is 40.2 Å². The molecule has 2 N–H and O–H groups in total. The number of carbonyl (C=O) groups is 1. The van der Waals surface area contributed by atoms with E-state index in [1.165, 1.54) is 12.1 Å². The van der Waals surface area contributed by atoms with E-state index >= 15 is 0 Å². The van der Waals surface area contributed by atoms with Gasteiger partial charge in [0.2, 0.25) is 0 Å². The average molecular weight is 235 g/mol. The van der Waals surface area contributed by atoms with E-state index in [0.29, 0.717) is 5.82 Å². The molecule has 2 aromatic heterocycles. The van der Waals surface area contributed by atoms with Crippen LogP contribution >= 0.6 is 0 Å². The number of H-pyrrole nitrogens is 1. The zero-order chi connectivity index (χ0) is 12.3. The van der Waals surface area contributed by atoms with Crippen molar-refractivity contribution in [3.8, 4) is 0 Å². The van der Waals surface area contributed by atoms with Gasteiger partial charge in [0, 0.05) is 6.07 Å². The molecule has 8 nitrogen and oxygen atoms in total. The van der Waals surface area contributed by atoms with Gasteiger partial charge in [-0.3, -0.25) is 4.79 Å². The minimum atomic E-state index is -0.507. The maximum atomic E-state index is 11.7. The molecule has 2 rings (SSSR count). The van der Waals surface area contributed by atoms with Crippen LogP contribution in [0.1, 0.15) is 29.1 Å². The standard InChI is InChI=1S/C9H9N5O3/c1-5(8-11-13-14-12-8)10-9(16)6-2-3-7(15)17-4-6/h2-5H,1H3,(H,10,16)(H,11,12,13,14). The van der Waals surface area contributed by atoms with Gasteiger partial charge in [0.25, 0.3) is 5.91 Å². The number of nitrogens with one attached hydrogen (secondary N) is 2. The van der Waals surface area contributed by atoms with Gasteiger partial charge in [-0.25, -0.2) is 4.79 Å². The van der Waals surface area contributed by atoms with E-state index in [1.807, 2.05) is 0 Å². The molecule has 2 heterocycles. The third-order valence-corrected chi connectivity index (χ3v) is 2.06. The molecule has 1 atom stereocenters. The molecule has 1 unspecified atom stereocenters. The van der Waals surface area contributed by atoms with Crippen molar-refractivity contribution in [1.29, 1.82) is 0 Å².